The number of pyridine rings is 1. The smallest absolute Gasteiger partial charge is 0.256 e. The summed E-state index contributed by atoms with van der Waals surface area (Å²) in [6.45, 7) is -0.234. The molecule has 0 unspecified atom stereocenters. The van der Waals surface area contributed by atoms with Crippen molar-refractivity contribution in [2.24, 2.45) is 0 Å². The average molecular weight is 282 g/mol. The van der Waals surface area contributed by atoms with Crippen molar-refractivity contribution in [1.82, 2.24) is 4.98 Å². The molecule has 21 heavy (non-hydrogen) atoms. The third kappa shape index (κ3) is 4.06. The molecule has 0 saturated carbocycles. The minimum absolute atomic E-state index is 0.234. The zero-order valence-corrected chi connectivity index (χ0v) is 11.5. The number of aromatic nitrogens is 1. The first-order valence-corrected chi connectivity index (χ1v) is 6.25. The quantitative estimate of drug-likeness (QED) is 0.840. The normalized spacial score (nSPS) is 9.43. The molecule has 0 spiro atoms. The van der Waals surface area contributed by atoms with Gasteiger partial charge in [0.25, 0.3) is 5.91 Å². The number of nitrogens with one attached hydrogen (secondary N) is 1. The van der Waals surface area contributed by atoms with Crippen LogP contribution in [0.1, 0.15) is 16.1 Å². The van der Waals surface area contributed by atoms with Crippen molar-refractivity contribution in [3.8, 4) is 17.6 Å². The maximum absolute atomic E-state index is 12.1. The summed E-state index contributed by atoms with van der Waals surface area (Å²) in [5, 5.41) is 11.3. The molecule has 2 rings (SSSR count). The van der Waals surface area contributed by atoms with Gasteiger partial charge in [-0.2, -0.15) is 0 Å². The van der Waals surface area contributed by atoms with Crippen molar-refractivity contribution in [2.45, 2.75) is 0 Å². The third-order valence-corrected chi connectivity index (χ3v) is 2.62. The van der Waals surface area contributed by atoms with Gasteiger partial charge >= 0.3 is 0 Å². The monoisotopic (exact) mass is 282 g/mol. The van der Waals surface area contributed by atoms with Crippen LogP contribution in [0.4, 0.5) is 5.82 Å². The van der Waals surface area contributed by atoms with Crippen LogP contribution in [0.2, 0.25) is 0 Å². The van der Waals surface area contributed by atoms with Crippen LogP contribution in [-0.2, 0) is 0 Å². The number of ether oxygens (including phenoxy) is 1. The van der Waals surface area contributed by atoms with E-state index in [0.717, 1.165) is 0 Å². The van der Waals surface area contributed by atoms with Crippen LogP contribution in [0.5, 0.6) is 5.75 Å². The molecule has 5 heteroatoms. The number of hydrogen-bond donors (Lipinski definition) is 2. The second kappa shape index (κ2) is 7.08. The summed E-state index contributed by atoms with van der Waals surface area (Å²) in [5.41, 5.74) is 0.954. The van der Waals surface area contributed by atoms with Gasteiger partial charge in [-0.15, -0.1) is 0 Å². The molecule has 2 aromatic rings. The highest BCUT2D eigenvalue weighted by molar-refractivity contribution is 6.04. The molecule has 1 aromatic carbocycles. The molecular formula is C16H14N2O3. The molecule has 0 aliphatic carbocycles. The predicted octanol–water partition coefficient (Wildman–Crippen LogP) is 1.69. The van der Waals surface area contributed by atoms with Gasteiger partial charge in [-0.25, -0.2) is 4.98 Å². The molecule has 0 bridgehead atoms. The zero-order valence-electron chi connectivity index (χ0n) is 11.5. The Kier molecular flexibility index (Phi) is 4.91. The first-order valence-electron chi connectivity index (χ1n) is 6.25. The Morgan fingerprint density at radius 2 is 2.14 bits per heavy atom. The molecule has 0 aliphatic heterocycles. The second-order valence-corrected chi connectivity index (χ2v) is 4.05. The van der Waals surface area contributed by atoms with Gasteiger partial charge in [-0.1, -0.05) is 18.1 Å². The molecule has 0 atom stereocenters. The van der Waals surface area contributed by atoms with Gasteiger partial charge in [0.1, 0.15) is 23.9 Å². The standard InChI is InChI=1S/C16H14N2O3/c1-21-14-8-2-5-12(11-14)16(20)18-15-9-3-6-13(17-15)7-4-10-19/h2-3,5-6,8-9,11,19H,10H2,1H3,(H,17,18,20). The van der Waals surface area contributed by atoms with Gasteiger partial charge in [-0.3, -0.25) is 4.79 Å². The van der Waals surface area contributed by atoms with Gasteiger partial charge in [0, 0.05) is 5.56 Å². The van der Waals surface area contributed by atoms with Crippen molar-refractivity contribution >= 4 is 11.7 Å². The number of carbonyl (C=O) groups is 1. The lowest BCUT2D eigenvalue weighted by molar-refractivity contribution is 0.102. The van der Waals surface area contributed by atoms with Crippen LogP contribution in [0, 0.1) is 11.8 Å². The number of amides is 1. The van der Waals surface area contributed by atoms with Gasteiger partial charge in [0.2, 0.25) is 0 Å². The van der Waals surface area contributed by atoms with E-state index in [9.17, 15) is 4.79 Å². The first-order chi connectivity index (χ1) is 10.2. The molecule has 1 amide bonds. The molecule has 1 heterocycles. The number of carbonyl (C=O) groups excluding carboxylic acids is 1. The number of aliphatic hydroxyl groups is 1. The number of nitrogens with zero attached hydrogens (tertiary/aromatic N) is 1. The second-order valence-electron chi connectivity index (χ2n) is 4.05. The molecule has 2 N–H and O–H groups in total. The van der Waals surface area contributed by atoms with Gasteiger partial charge in [0.15, 0.2) is 0 Å². The van der Waals surface area contributed by atoms with E-state index in [1.807, 2.05) is 0 Å². The summed E-state index contributed by atoms with van der Waals surface area (Å²) in [5.74, 6) is 5.91. The SMILES string of the molecule is COc1cccc(C(=O)Nc2cccc(C#CCO)n2)c1. The Bertz CT molecular complexity index is 702. The van der Waals surface area contributed by atoms with E-state index in [2.05, 4.69) is 22.1 Å². The summed E-state index contributed by atoms with van der Waals surface area (Å²) < 4.78 is 5.08. The van der Waals surface area contributed by atoms with Gasteiger partial charge in [0.05, 0.1) is 7.11 Å². The Balaban J connectivity index is 2.15. The maximum Gasteiger partial charge on any atom is 0.256 e. The van der Waals surface area contributed by atoms with Crippen molar-refractivity contribution < 1.29 is 14.6 Å². The Hall–Kier alpha value is -2.84. The van der Waals surface area contributed by atoms with Crippen molar-refractivity contribution in [1.29, 1.82) is 0 Å². The van der Waals surface area contributed by atoms with Crippen LogP contribution in [0.25, 0.3) is 0 Å². The van der Waals surface area contributed by atoms with Crippen LogP contribution < -0.4 is 10.1 Å². The molecular weight excluding hydrogens is 268 g/mol. The van der Waals surface area contributed by atoms with E-state index >= 15 is 0 Å². The molecule has 0 radical (unpaired) electrons. The molecule has 0 saturated heterocycles. The lowest BCUT2D eigenvalue weighted by Crippen LogP contribution is -2.13. The summed E-state index contributed by atoms with van der Waals surface area (Å²) in [7, 11) is 1.54. The Labute approximate surface area is 122 Å². The summed E-state index contributed by atoms with van der Waals surface area (Å²) in [6.07, 6.45) is 0. The highest BCUT2D eigenvalue weighted by Gasteiger charge is 2.07. The maximum atomic E-state index is 12.1. The number of aliphatic hydroxyl groups excluding tert-OH is 1. The average Bonchev–Trinajstić information content (AvgIpc) is 2.53. The number of methoxy groups -OCH3 is 1. The predicted molar refractivity (Wildman–Crippen MR) is 79.1 cm³/mol. The number of benzene rings is 1. The summed E-state index contributed by atoms with van der Waals surface area (Å²) in [6, 6.07) is 11.9. The van der Waals surface area contributed by atoms with E-state index in [1.54, 1.807) is 49.6 Å². The van der Waals surface area contributed by atoms with E-state index in [1.165, 1.54) is 0 Å². The molecule has 0 aliphatic rings. The van der Waals surface area contributed by atoms with E-state index in [-0.39, 0.29) is 12.5 Å². The Morgan fingerprint density at radius 1 is 1.33 bits per heavy atom. The number of hydrogen-bond acceptors (Lipinski definition) is 4. The van der Waals surface area contributed by atoms with Crippen LogP contribution in [0.15, 0.2) is 42.5 Å². The molecule has 106 valence electrons. The van der Waals surface area contributed by atoms with Crippen molar-refractivity contribution in [3.63, 3.8) is 0 Å². The molecule has 5 nitrogen and oxygen atoms in total. The number of rotatable bonds is 3. The van der Waals surface area contributed by atoms with Crippen LogP contribution in [-0.4, -0.2) is 29.7 Å². The lowest BCUT2D eigenvalue weighted by atomic mass is 10.2. The minimum atomic E-state index is -0.284. The first kappa shape index (κ1) is 14.6. The fourth-order valence-corrected chi connectivity index (χ4v) is 1.66. The van der Waals surface area contributed by atoms with E-state index < -0.39 is 0 Å². The molecule has 0 fully saturated rings. The highest BCUT2D eigenvalue weighted by Crippen LogP contribution is 2.14. The van der Waals surface area contributed by atoms with Crippen LogP contribution in [0.3, 0.4) is 0 Å². The largest absolute Gasteiger partial charge is 0.497 e. The van der Waals surface area contributed by atoms with Crippen LogP contribution >= 0.6 is 0 Å². The zero-order chi connectivity index (χ0) is 15.1. The Morgan fingerprint density at radius 3 is 2.90 bits per heavy atom. The van der Waals surface area contributed by atoms with Gasteiger partial charge < -0.3 is 15.2 Å². The topological polar surface area (TPSA) is 71.5 Å². The van der Waals surface area contributed by atoms with E-state index in [0.29, 0.717) is 22.8 Å². The van der Waals surface area contributed by atoms with E-state index in [4.69, 9.17) is 9.84 Å². The lowest BCUT2D eigenvalue weighted by Gasteiger charge is -2.06. The third-order valence-electron chi connectivity index (χ3n) is 2.62. The van der Waals surface area contributed by atoms with Crippen molar-refractivity contribution in [3.05, 3.63) is 53.7 Å². The number of anilines is 1. The van der Waals surface area contributed by atoms with Gasteiger partial charge in [-0.05, 0) is 36.3 Å². The minimum Gasteiger partial charge on any atom is -0.497 e. The fourth-order valence-electron chi connectivity index (χ4n) is 1.66. The van der Waals surface area contributed by atoms with Crippen molar-refractivity contribution in [2.75, 3.05) is 19.0 Å². The highest BCUT2D eigenvalue weighted by atomic mass is 16.5. The fraction of sp³-hybridized carbons (Fsp3) is 0.125. The summed E-state index contributed by atoms with van der Waals surface area (Å²) >= 11 is 0. The summed E-state index contributed by atoms with van der Waals surface area (Å²) in [4.78, 5) is 16.3. The molecule has 1 aromatic heterocycles.